The lowest BCUT2D eigenvalue weighted by atomic mass is 10.0. The number of methoxy groups -OCH3 is 2. The highest BCUT2D eigenvalue weighted by Crippen LogP contribution is 2.24. The second-order valence-corrected chi connectivity index (χ2v) is 10.7. The number of nitrogens with zero attached hydrogens (tertiary/aromatic N) is 4. The largest absolute Gasteiger partial charge is 0.381 e. The number of hydrogen-bond donors (Lipinski definition) is 3. The number of benzene rings is 2. The number of pyridine rings is 1. The number of ether oxygens (including phenoxy) is 2. The van der Waals surface area contributed by atoms with Gasteiger partial charge in [0.05, 0.1) is 11.4 Å². The summed E-state index contributed by atoms with van der Waals surface area (Å²) in [6.07, 6.45) is 11.9. The van der Waals surface area contributed by atoms with Gasteiger partial charge < -0.3 is 25.6 Å². The molecule has 260 valence electrons. The zero-order valence-corrected chi connectivity index (χ0v) is 28.3. The second-order valence-electron chi connectivity index (χ2n) is 10.7. The molecule has 3 unspecified atom stereocenters. The van der Waals surface area contributed by atoms with Crippen LogP contribution >= 0.6 is 0 Å². The normalized spacial score (nSPS) is 12.4. The molecule has 0 radical (unpaired) electrons. The maximum absolute atomic E-state index is 14.0. The van der Waals surface area contributed by atoms with Gasteiger partial charge in [-0.1, -0.05) is 61.4 Å². The van der Waals surface area contributed by atoms with Crippen LogP contribution in [0.25, 0.3) is 22.1 Å². The Labute approximate surface area is 293 Å². The maximum Gasteiger partial charge on any atom is 0.264 e. The number of nitrogen functional groups attached to an aromatic ring is 1. The van der Waals surface area contributed by atoms with Crippen molar-refractivity contribution in [3.63, 3.8) is 0 Å². The van der Waals surface area contributed by atoms with Crippen LogP contribution in [0, 0.1) is 36.5 Å². The first-order chi connectivity index (χ1) is 23.5. The summed E-state index contributed by atoms with van der Waals surface area (Å²) in [5, 5.41) is 16.5. The Balaban J connectivity index is 0.000000629. The quantitative estimate of drug-likeness (QED) is 0.218. The Morgan fingerprint density at radius 3 is 2.22 bits per heavy atom. The van der Waals surface area contributed by atoms with Crippen LogP contribution < -0.4 is 16.6 Å². The Hall–Kier alpha value is -5.90. The van der Waals surface area contributed by atoms with Crippen molar-refractivity contribution in [3.8, 4) is 42.2 Å². The predicted octanol–water partition coefficient (Wildman–Crippen LogP) is 4.78. The molecular weight excluding hydrogens is 632 g/mol. The van der Waals surface area contributed by atoms with Crippen molar-refractivity contribution in [1.29, 1.82) is 0 Å². The van der Waals surface area contributed by atoms with E-state index in [1.165, 1.54) is 4.52 Å². The Kier molecular flexibility index (Phi) is 15.5. The molecule has 0 saturated carbocycles. The molecule has 4 N–H and O–H groups in total. The fourth-order valence-corrected chi connectivity index (χ4v) is 4.42. The molecule has 0 bridgehead atoms. The van der Waals surface area contributed by atoms with Crippen molar-refractivity contribution in [3.05, 3.63) is 100 Å². The number of terminal acetylenes is 2. The average Bonchev–Trinajstić information content (AvgIpc) is 3.46. The van der Waals surface area contributed by atoms with E-state index in [1.54, 1.807) is 44.2 Å². The molecule has 11 nitrogen and oxygen atoms in total. The monoisotopic (exact) mass is 676 g/mol. The fourth-order valence-electron chi connectivity index (χ4n) is 4.42. The molecule has 5 rings (SSSR count). The van der Waals surface area contributed by atoms with Crippen LogP contribution in [0.3, 0.4) is 0 Å². The molecule has 0 aliphatic carbocycles. The number of anilines is 1. The van der Waals surface area contributed by atoms with Gasteiger partial charge in [-0.25, -0.2) is 9.50 Å². The van der Waals surface area contributed by atoms with Crippen LogP contribution in [0.15, 0.2) is 77.9 Å². The molecule has 5 aromatic rings. The van der Waals surface area contributed by atoms with Crippen molar-refractivity contribution in [1.82, 2.24) is 24.5 Å². The van der Waals surface area contributed by atoms with Crippen molar-refractivity contribution < 1.29 is 19.4 Å². The summed E-state index contributed by atoms with van der Waals surface area (Å²) in [5.74, 6) is 10.2. The highest BCUT2D eigenvalue weighted by molar-refractivity contribution is 6.04. The summed E-state index contributed by atoms with van der Waals surface area (Å²) in [6.45, 7) is 7.02. The number of carbonyl (C=O) groups is 1. The van der Waals surface area contributed by atoms with E-state index in [-0.39, 0.29) is 36.6 Å². The van der Waals surface area contributed by atoms with Gasteiger partial charge in [0.25, 0.3) is 11.5 Å². The summed E-state index contributed by atoms with van der Waals surface area (Å²) in [6, 6.07) is 17.9. The van der Waals surface area contributed by atoms with E-state index in [1.807, 2.05) is 75.4 Å². The highest BCUT2D eigenvalue weighted by atomic mass is 16.5. The average molecular weight is 677 g/mol. The number of aliphatic hydroxyl groups excluding tert-OH is 1. The molecule has 2 aromatic carbocycles. The summed E-state index contributed by atoms with van der Waals surface area (Å²) in [5.41, 5.74) is 8.21. The van der Waals surface area contributed by atoms with Gasteiger partial charge in [0.2, 0.25) is 0 Å². The van der Waals surface area contributed by atoms with Gasteiger partial charge >= 0.3 is 0 Å². The molecule has 3 aromatic heterocycles. The summed E-state index contributed by atoms with van der Waals surface area (Å²) >= 11 is 0. The van der Waals surface area contributed by atoms with E-state index < -0.39 is 18.1 Å². The van der Waals surface area contributed by atoms with Crippen molar-refractivity contribution in [2.75, 3.05) is 20.0 Å². The molecule has 3 heterocycles. The van der Waals surface area contributed by atoms with Crippen LogP contribution in [0.5, 0.6) is 0 Å². The van der Waals surface area contributed by atoms with Gasteiger partial charge in [0.1, 0.15) is 23.9 Å². The van der Waals surface area contributed by atoms with E-state index in [0.29, 0.717) is 33.4 Å². The molecule has 0 aliphatic rings. The molecule has 0 spiro atoms. The topological polar surface area (TPSA) is 146 Å². The standard InChI is InChI=1S/C29H26N6O3.C5H8O.C4H6O.CH4/c1-18(38-3)13-14-20-9-7-10-21-17-23(35(29(37)24(20)21)22-11-5-4-6-12-22)19(2)32-28(36)25-26(30)33-34-16-8-15-31-27(25)34;1-4-5(2)6-3;1-3-4(2)5;/h4-12,15-19H,1-3H3,(H2,30,33)(H,32,36);1,5H,2-3H3;1,4-5H,2H3;1H4/t18?,19-;;;/m0.../s1. The number of carbonyl (C=O) groups excluding carboxylic acids is 1. The lowest BCUT2D eigenvalue weighted by Gasteiger charge is -2.21. The Bertz CT molecular complexity index is 2100. The molecule has 50 heavy (non-hydrogen) atoms. The third-order valence-corrected chi connectivity index (χ3v) is 7.12. The zero-order chi connectivity index (χ0) is 36.1. The van der Waals surface area contributed by atoms with Crippen LogP contribution in [-0.2, 0) is 9.47 Å². The van der Waals surface area contributed by atoms with Gasteiger partial charge in [-0.05, 0) is 63.4 Å². The van der Waals surface area contributed by atoms with Gasteiger partial charge in [0, 0.05) is 43.6 Å². The molecule has 0 saturated heterocycles. The van der Waals surface area contributed by atoms with Crippen LogP contribution in [0.2, 0.25) is 0 Å². The molecular formula is C39H44N6O5. The summed E-state index contributed by atoms with van der Waals surface area (Å²) in [7, 11) is 3.17. The first kappa shape index (κ1) is 40.3. The minimum atomic E-state index is -0.588. The number of rotatable bonds is 6. The number of aliphatic hydroxyl groups is 1. The molecule has 1 amide bonds. The molecule has 11 heteroatoms. The van der Waals surface area contributed by atoms with Crippen LogP contribution in [0.4, 0.5) is 5.82 Å². The lowest BCUT2D eigenvalue weighted by Crippen LogP contribution is -2.32. The predicted molar refractivity (Wildman–Crippen MR) is 199 cm³/mol. The van der Waals surface area contributed by atoms with Crippen LogP contribution in [-0.4, -0.2) is 62.7 Å². The number of aromatic nitrogens is 4. The van der Waals surface area contributed by atoms with Gasteiger partial charge in [-0.3, -0.25) is 14.2 Å². The Morgan fingerprint density at radius 2 is 1.64 bits per heavy atom. The van der Waals surface area contributed by atoms with E-state index in [9.17, 15) is 9.59 Å². The van der Waals surface area contributed by atoms with E-state index in [0.717, 1.165) is 0 Å². The van der Waals surface area contributed by atoms with Gasteiger partial charge in [-0.2, -0.15) is 0 Å². The van der Waals surface area contributed by atoms with Crippen molar-refractivity contribution in [2.24, 2.45) is 0 Å². The van der Waals surface area contributed by atoms with E-state index >= 15 is 0 Å². The smallest absolute Gasteiger partial charge is 0.264 e. The lowest BCUT2D eigenvalue weighted by molar-refractivity contribution is 0.0941. The highest BCUT2D eigenvalue weighted by Gasteiger charge is 2.24. The molecule has 0 fully saturated rings. The van der Waals surface area contributed by atoms with Crippen LogP contribution in [0.1, 0.15) is 62.8 Å². The summed E-state index contributed by atoms with van der Waals surface area (Å²) < 4.78 is 13.0. The number of hydrogen-bond acceptors (Lipinski definition) is 8. The number of para-hydroxylation sites is 1. The van der Waals surface area contributed by atoms with Gasteiger partial charge in [-0.15, -0.1) is 17.9 Å². The Morgan fingerprint density at radius 1 is 0.980 bits per heavy atom. The van der Waals surface area contributed by atoms with E-state index in [4.69, 9.17) is 22.0 Å². The molecule has 0 aliphatic heterocycles. The number of nitrogens with one attached hydrogen (secondary N) is 1. The second kappa shape index (κ2) is 19.2. The zero-order valence-electron chi connectivity index (χ0n) is 28.3. The van der Waals surface area contributed by atoms with E-state index in [2.05, 4.69) is 50.2 Å². The molecule has 4 atom stereocenters. The number of amides is 1. The first-order valence-corrected chi connectivity index (χ1v) is 15.3. The SMILES string of the molecule is C.C#CC(C)O.C#CC(C)OC.COC(C)C#Cc1cccc2cc([C@H](C)NC(=O)c3c(N)nn4cccnc34)n(-c3ccccc3)c(=O)c12. The van der Waals surface area contributed by atoms with Gasteiger partial charge in [0.15, 0.2) is 11.5 Å². The summed E-state index contributed by atoms with van der Waals surface area (Å²) in [4.78, 5) is 31.6. The minimum absolute atomic E-state index is 0. The maximum atomic E-state index is 14.0. The van der Waals surface area contributed by atoms with Crippen molar-refractivity contribution in [2.45, 2.75) is 59.5 Å². The third-order valence-electron chi connectivity index (χ3n) is 7.12. The number of nitrogens with two attached hydrogens (primary N) is 1. The number of fused-ring (bicyclic) bond motifs is 2. The van der Waals surface area contributed by atoms with Crippen molar-refractivity contribution >= 4 is 28.1 Å². The third kappa shape index (κ3) is 10.1. The first-order valence-electron chi connectivity index (χ1n) is 15.3. The minimum Gasteiger partial charge on any atom is -0.381 e. The fraction of sp³-hybridized carbons (Fsp3) is 0.282.